The molecule has 1 aromatic carbocycles. The highest BCUT2D eigenvalue weighted by Crippen LogP contribution is 2.19. The number of benzene rings is 1. The molecule has 0 bridgehead atoms. The zero-order valence-electron chi connectivity index (χ0n) is 13.9. The van der Waals surface area contributed by atoms with Gasteiger partial charge in [-0.2, -0.15) is 0 Å². The molecule has 5 nitrogen and oxygen atoms in total. The van der Waals surface area contributed by atoms with Crippen LogP contribution in [-0.4, -0.2) is 48.3 Å². The average Bonchev–Trinajstić information content (AvgIpc) is 2.36. The molecule has 22 heavy (non-hydrogen) atoms. The summed E-state index contributed by atoms with van der Waals surface area (Å²) in [6.45, 7) is 7.27. The molecule has 0 aliphatic carbocycles. The number of carbonyl (C=O) groups is 2. The third-order valence-corrected chi connectivity index (χ3v) is 3.41. The van der Waals surface area contributed by atoms with Crippen molar-refractivity contribution in [1.82, 2.24) is 14.5 Å². The largest absolute Gasteiger partial charge is 0.334 e. The van der Waals surface area contributed by atoms with Crippen molar-refractivity contribution in [3.05, 3.63) is 35.4 Å². The Morgan fingerprint density at radius 1 is 1.14 bits per heavy atom. The van der Waals surface area contributed by atoms with Crippen LogP contribution < -0.4 is 5.32 Å². The first-order valence-corrected chi connectivity index (χ1v) is 7.54. The molecule has 0 aromatic heterocycles. The van der Waals surface area contributed by atoms with Crippen molar-refractivity contribution in [1.29, 1.82) is 0 Å². The van der Waals surface area contributed by atoms with Crippen LogP contribution >= 0.6 is 12.8 Å². The van der Waals surface area contributed by atoms with Gasteiger partial charge in [0.1, 0.15) is 0 Å². The van der Waals surface area contributed by atoms with Crippen molar-refractivity contribution in [3.63, 3.8) is 0 Å². The van der Waals surface area contributed by atoms with E-state index in [9.17, 15) is 9.59 Å². The molecule has 0 fully saturated rings. The van der Waals surface area contributed by atoms with Gasteiger partial charge in [-0.05, 0) is 38.6 Å². The molecule has 0 spiro atoms. The van der Waals surface area contributed by atoms with Crippen molar-refractivity contribution in [3.8, 4) is 0 Å². The summed E-state index contributed by atoms with van der Waals surface area (Å²) < 4.78 is 1.25. The lowest BCUT2D eigenvalue weighted by Crippen LogP contribution is -2.44. The lowest BCUT2D eigenvalue weighted by Gasteiger charge is -2.31. The van der Waals surface area contributed by atoms with Crippen molar-refractivity contribution in [2.24, 2.45) is 5.41 Å². The van der Waals surface area contributed by atoms with Gasteiger partial charge in [0, 0.05) is 18.7 Å². The number of rotatable bonds is 5. The van der Waals surface area contributed by atoms with Gasteiger partial charge in [0.15, 0.2) is 0 Å². The van der Waals surface area contributed by atoms with Crippen molar-refractivity contribution >= 4 is 24.8 Å². The summed E-state index contributed by atoms with van der Waals surface area (Å²) in [6, 6.07) is 6.53. The van der Waals surface area contributed by atoms with Gasteiger partial charge in [-0.15, -0.1) is 0 Å². The van der Waals surface area contributed by atoms with E-state index < -0.39 is 11.9 Å². The fraction of sp³-hybridized carbons (Fsp3) is 0.500. The van der Waals surface area contributed by atoms with E-state index in [-0.39, 0.29) is 5.41 Å². The SMILES string of the molecule is Cc1ccc(C(=O)NC(=O)N(S)CC(C)(C)CN(C)C)cc1. The second-order valence-corrected chi connectivity index (χ2v) is 7.07. The average molecular weight is 323 g/mol. The van der Waals surface area contributed by atoms with E-state index in [0.717, 1.165) is 12.1 Å². The van der Waals surface area contributed by atoms with Crippen molar-refractivity contribution < 1.29 is 9.59 Å². The van der Waals surface area contributed by atoms with Gasteiger partial charge in [0.2, 0.25) is 0 Å². The third-order valence-electron chi connectivity index (χ3n) is 3.09. The van der Waals surface area contributed by atoms with Gasteiger partial charge >= 0.3 is 6.03 Å². The Hall–Kier alpha value is -1.53. The Morgan fingerprint density at radius 3 is 2.18 bits per heavy atom. The lowest BCUT2D eigenvalue weighted by molar-refractivity contribution is 0.0956. The molecule has 0 saturated heterocycles. The maximum Gasteiger partial charge on any atom is 0.334 e. The van der Waals surface area contributed by atoms with Crippen LogP contribution in [0.2, 0.25) is 0 Å². The first-order valence-electron chi connectivity index (χ1n) is 7.14. The Balaban J connectivity index is 2.60. The highest BCUT2D eigenvalue weighted by atomic mass is 32.1. The Bertz CT molecular complexity index is 527. The molecular formula is C16H25N3O2S. The highest BCUT2D eigenvalue weighted by molar-refractivity contribution is 7.78. The van der Waals surface area contributed by atoms with Gasteiger partial charge in [-0.3, -0.25) is 14.4 Å². The summed E-state index contributed by atoms with van der Waals surface area (Å²) in [5.41, 5.74) is 1.38. The number of nitrogens with zero attached hydrogens (tertiary/aromatic N) is 2. The predicted molar refractivity (Wildman–Crippen MR) is 92.1 cm³/mol. The highest BCUT2D eigenvalue weighted by Gasteiger charge is 2.25. The number of nitrogens with one attached hydrogen (secondary N) is 1. The third kappa shape index (κ3) is 6.07. The molecule has 0 unspecified atom stereocenters. The molecule has 3 amide bonds. The second-order valence-electron chi connectivity index (χ2n) is 6.58. The minimum absolute atomic E-state index is 0.129. The first kappa shape index (κ1) is 18.5. The summed E-state index contributed by atoms with van der Waals surface area (Å²) in [6.07, 6.45) is 0. The molecule has 1 aromatic rings. The zero-order valence-corrected chi connectivity index (χ0v) is 14.8. The quantitative estimate of drug-likeness (QED) is 0.819. The topological polar surface area (TPSA) is 52.7 Å². The zero-order chi connectivity index (χ0) is 16.9. The van der Waals surface area contributed by atoms with Crippen molar-refractivity contribution in [2.75, 3.05) is 27.2 Å². The number of carbonyl (C=O) groups excluding carboxylic acids is 2. The monoisotopic (exact) mass is 323 g/mol. The molecule has 0 atom stereocenters. The van der Waals surface area contributed by atoms with Crippen LogP contribution in [0.3, 0.4) is 0 Å². The standard InChI is InChI=1S/C16H25N3O2S/c1-12-6-8-13(9-7-12)14(20)17-15(21)19(22)11-16(2,3)10-18(4)5/h6-9,22H,10-11H2,1-5H3,(H,17,20,21). The molecule has 0 saturated carbocycles. The summed E-state index contributed by atoms with van der Waals surface area (Å²) >= 11 is 4.19. The Morgan fingerprint density at radius 2 is 1.68 bits per heavy atom. The molecule has 122 valence electrons. The normalized spacial score (nSPS) is 11.4. The van der Waals surface area contributed by atoms with Crippen LogP contribution in [0.4, 0.5) is 4.79 Å². The van der Waals surface area contributed by atoms with E-state index in [0.29, 0.717) is 12.1 Å². The van der Waals surface area contributed by atoms with Crippen LogP contribution in [0.1, 0.15) is 29.8 Å². The first-order chi connectivity index (χ1) is 10.1. The Kier molecular flexibility index (Phi) is 6.44. The maximum atomic E-state index is 12.1. The van der Waals surface area contributed by atoms with Crippen LogP contribution in [0, 0.1) is 12.3 Å². The van der Waals surface area contributed by atoms with Gasteiger partial charge in [0.25, 0.3) is 5.91 Å². The molecular weight excluding hydrogens is 298 g/mol. The predicted octanol–water partition coefficient (Wildman–Crippen LogP) is 2.58. The number of thiol groups is 1. The van der Waals surface area contributed by atoms with Crippen LogP contribution in [0.5, 0.6) is 0 Å². The molecule has 0 aliphatic rings. The number of hydrogen-bond donors (Lipinski definition) is 2. The fourth-order valence-electron chi connectivity index (χ4n) is 2.32. The molecule has 0 radical (unpaired) electrons. The summed E-state index contributed by atoms with van der Waals surface area (Å²) in [4.78, 5) is 26.1. The van der Waals surface area contributed by atoms with Gasteiger partial charge in [-0.1, -0.05) is 44.4 Å². The number of aryl methyl sites for hydroxylation is 1. The lowest BCUT2D eigenvalue weighted by atomic mass is 9.93. The van der Waals surface area contributed by atoms with Gasteiger partial charge < -0.3 is 4.90 Å². The Labute approximate surface area is 138 Å². The summed E-state index contributed by atoms with van der Waals surface area (Å²) in [5.74, 6) is -0.422. The number of urea groups is 1. The van der Waals surface area contributed by atoms with E-state index in [4.69, 9.17) is 0 Å². The fourth-order valence-corrected chi connectivity index (χ4v) is 2.75. The molecule has 1 rings (SSSR count). The van der Waals surface area contributed by atoms with E-state index in [2.05, 4.69) is 23.0 Å². The summed E-state index contributed by atoms with van der Waals surface area (Å²) in [7, 11) is 3.96. The minimum atomic E-state index is -0.513. The number of hydrogen-bond acceptors (Lipinski definition) is 4. The van der Waals surface area contributed by atoms with Gasteiger partial charge in [0.05, 0.1) is 0 Å². The molecule has 1 N–H and O–H groups in total. The van der Waals surface area contributed by atoms with Crippen LogP contribution in [-0.2, 0) is 0 Å². The van der Waals surface area contributed by atoms with Gasteiger partial charge in [-0.25, -0.2) is 4.79 Å². The molecule has 0 aliphatic heterocycles. The van der Waals surface area contributed by atoms with E-state index >= 15 is 0 Å². The minimum Gasteiger partial charge on any atom is -0.309 e. The van der Waals surface area contributed by atoms with E-state index in [1.807, 2.05) is 47.0 Å². The maximum absolute atomic E-state index is 12.1. The smallest absolute Gasteiger partial charge is 0.309 e. The van der Waals surface area contributed by atoms with Crippen molar-refractivity contribution in [2.45, 2.75) is 20.8 Å². The summed E-state index contributed by atoms with van der Waals surface area (Å²) in [5, 5.41) is 2.35. The van der Waals surface area contributed by atoms with E-state index in [1.54, 1.807) is 12.1 Å². The molecule has 0 heterocycles. The number of imide groups is 1. The number of amides is 3. The van der Waals surface area contributed by atoms with Crippen LogP contribution in [0.25, 0.3) is 0 Å². The second kappa shape index (κ2) is 7.65. The van der Waals surface area contributed by atoms with Crippen LogP contribution in [0.15, 0.2) is 24.3 Å². The molecule has 6 heteroatoms. The van der Waals surface area contributed by atoms with E-state index in [1.165, 1.54) is 4.31 Å².